The molecule has 18 heavy (non-hydrogen) atoms. The lowest BCUT2D eigenvalue weighted by Gasteiger charge is -2.26. The third-order valence-electron chi connectivity index (χ3n) is 3.51. The van der Waals surface area contributed by atoms with E-state index in [1.165, 1.54) is 25.7 Å². The molecule has 0 radical (unpaired) electrons. The van der Waals surface area contributed by atoms with E-state index in [0.717, 1.165) is 12.5 Å². The van der Waals surface area contributed by atoms with E-state index in [4.69, 9.17) is 5.73 Å². The number of hydrogen-bond acceptors (Lipinski definition) is 4. The van der Waals surface area contributed by atoms with Gasteiger partial charge in [0.05, 0.1) is 0 Å². The molecule has 1 amide bonds. The van der Waals surface area contributed by atoms with Crippen LogP contribution < -0.4 is 11.1 Å². The van der Waals surface area contributed by atoms with E-state index in [-0.39, 0.29) is 5.91 Å². The fourth-order valence-corrected chi connectivity index (χ4v) is 2.54. The molecule has 1 aromatic rings. The molecule has 0 bridgehead atoms. The highest BCUT2D eigenvalue weighted by molar-refractivity contribution is 5.92. The maximum atomic E-state index is 11.8. The Morgan fingerprint density at radius 3 is 2.94 bits per heavy atom. The van der Waals surface area contributed by atoms with E-state index in [9.17, 15) is 4.79 Å². The first-order chi connectivity index (χ1) is 8.65. The molecule has 98 valence electrons. The molecule has 1 aliphatic rings. The van der Waals surface area contributed by atoms with Crippen molar-refractivity contribution >= 4 is 11.7 Å². The molecule has 2 unspecified atom stereocenters. The lowest BCUT2D eigenvalue weighted by molar-refractivity contribution is 0.0934. The van der Waals surface area contributed by atoms with Crippen molar-refractivity contribution < 1.29 is 4.79 Å². The summed E-state index contributed by atoms with van der Waals surface area (Å²) in [7, 11) is 0. The second-order valence-corrected chi connectivity index (χ2v) is 5.19. The highest BCUT2D eigenvalue weighted by Crippen LogP contribution is 2.27. The molecule has 0 aromatic carbocycles. The molecule has 1 aliphatic carbocycles. The fraction of sp³-hybridized carbons (Fsp3) is 0.615. The van der Waals surface area contributed by atoms with Crippen molar-refractivity contribution in [3.05, 3.63) is 17.8 Å². The van der Waals surface area contributed by atoms with Gasteiger partial charge in [0.25, 0.3) is 5.91 Å². The Balaban J connectivity index is 1.82. The molecule has 0 saturated heterocycles. The number of carbonyl (C=O) groups excluding carboxylic acids is 1. The molecular formula is C13H20N4O. The molecule has 1 aromatic heterocycles. The van der Waals surface area contributed by atoms with Gasteiger partial charge in [0.2, 0.25) is 0 Å². The largest absolute Gasteiger partial charge is 0.382 e. The van der Waals surface area contributed by atoms with Gasteiger partial charge >= 0.3 is 0 Å². The Hall–Kier alpha value is -1.65. The summed E-state index contributed by atoms with van der Waals surface area (Å²) in [5, 5.41) is 10.4. The van der Waals surface area contributed by atoms with E-state index in [2.05, 4.69) is 22.4 Å². The normalized spacial score (nSPS) is 23.6. The van der Waals surface area contributed by atoms with Crippen molar-refractivity contribution in [2.24, 2.45) is 11.8 Å². The SMILES string of the molecule is CC1CCCC(CNC(=O)c2ccc(N)nn2)C1. The van der Waals surface area contributed by atoms with Crippen LogP contribution in [0.2, 0.25) is 0 Å². The van der Waals surface area contributed by atoms with Gasteiger partial charge in [-0.3, -0.25) is 4.79 Å². The van der Waals surface area contributed by atoms with E-state index >= 15 is 0 Å². The van der Waals surface area contributed by atoms with Crippen LogP contribution in [0.5, 0.6) is 0 Å². The molecular weight excluding hydrogens is 228 g/mol. The Kier molecular flexibility index (Phi) is 4.12. The van der Waals surface area contributed by atoms with Crippen LogP contribution in [0.15, 0.2) is 12.1 Å². The number of hydrogen-bond donors (Lipinski definition) is 2. The Morgan fingerprint density at radius 1 is 1.44 bits per heavy atom. The van der Waals surface area contributed by atoms with E-state index < -0.39 is 0 Å². The number of nitrogens with one attached hydrogen (secondary N) is 1. The fourth-order valence-electron chi connectivity index (χ4n) is 2.54. The number of nitrogens with two attached hydrogens (primary N) is 1. The monoisotopic (exact) mass is 248 g/mol. The van der Waals surface area contributed by atoms with Gasteiger partial charge in [-0.2, -0.15) is 0 Å². The van der Waals surface area contributed by atoms with Crippen LogP contribution in [-0.4, -0.2) is 22.6 Å². The molecule has 3 N–H and O–H groups in total. The summed E-state index contributed by atoms with van der Waals surface area (Å²) >= 11 is 0. The quantitative estimate of drug-likeness (QED) is 0.851. The molecule has 5 nitrogen and oxygen atoms in total. The Morgan fingerprint density at radius 2 is 2.28 bits per heavy atom. The number of rotatable bonds is 3. The minimum absolute atomic E-state index is 0.166. The van der Waals surface area contributed by atoms with E-state index in [0.29, 0.717) is 17.4 Å². The van der Waals surface area contributed by atoms with Crippen LogP contribution in [0.3, 0.4) is 0 Å². The van der Waals surface area contributed by atoms with Gasteiger partial charge < -0.3 is 11.1 Å². The lowest BCUT2D eigenvalue weighted by Crippen LogP contribution is -2.32. The van der Waals surface area contributed by atoms with Crippen molar-refractivity contribution in [3.8, 4) is 0 Å². The van der Waals surface area contributed by atoms with Crippen molar-refractivity contribution in [2.75, 3.05) is 12.3 Å². The predicted octanol–water partition coefficient (Wildman–Crippen LogP) is 1.61. The average molecular weight is 248 g/mol. The Bertz CT molecular complexity index is 404. The first-order valence-electron chi connectivity index (χ1n) is 6.52. The zero-order valence-corrected chi connectivity index (χ0v) is 10.7. The maximum Gasteiger partial charge on any atom is 0.271 e. The molecule has 0 aliphatic heterocycles. The number of carbonyl (C=O) groups is 1. The second kappa shape index (κ2) is 5.80. The first kappa shape index (κ1) is 12.8. The molecule has 2 atom stereocenters. The van der Waals surface area contributed by atoms with Crippen molar-refractivity contribution in [2.45, 2.75) is 32.6 Å². The van der Waals surface area contributed by atoms with Crippen LogP contribution in [0, 0.1) is 11.8 Å². The number of nitrogens with zero attached hydrogens (tertiary/aromatic N) is 2. The van der Waals surface area contributed by atoms with Crippen molar-refractivity contribution in [1.82, 2.24) is 15.5 Å². The third kappa shape index (κ3) is 3.42. The van der Waals surface area contributed by atoms with Crippen LogP contribution in [0.25, 0.3) is 0 Å². The minimum atomic E-state index is -0.166. The molecule has 1 heterocycles. The smallest absolute Gasteiger partial charge is 0.271 e. The standard InChI is InChI=1S/C13H20N4O/c1-9-3-2-4-10(7-9)8-15-13(18)11-5-6-12(14)17-16-11/h5-6,9-10H,2-4,7-8H2,1H3,(H2,14,17)(H,15,18). The van der Waals surface area contributed by atoms with Gasteiger partial charge in [-0.1, -0.05) is 19.8 Å². The number of anilines is 1. The van der Waals surface area contributed by atoms with E-state index in [1.807, 2.05) is 0 Å². The predicted molar refractivity (Wildman–Crippen MR) is 69.9 cm³/mol. The van der Waals surface area contributed by atoms with E-state index in [1.54, 1.807) is 12.1 Å². The van der Waals surface area contributed by atoms with Crippen LogP contribution in [0.4, 0.5) is 5.82 Å². The van der Waals surface area contributed by atoms with Gasteiger partial charge in [-0.25, -0.2) is 0 Å². The summed E-state index contributed by atoms with van der Waals surface area (Å²) in [4.78, 5) is 11.8. The summed E-state index contributed by atoms with van der Waals surface area (Å²) in [6.45, 7) is 3.01. The zero-order valence-electron chi connectivity index (χ0n) is 10.7. The maximum absolute atomic E-state index is 11.8. The average Bonchev–Trinajstić information content (AvgIpc) is 2.37. The van der Waals surface area contributed by atoms with Gasteiger partial charge in [0.1, 0.15) is 5.82 Å². The van der Waals surface area contributed by atoms with Gasteiger partial charge in [-0.15, -0.1) is 10.2 Å². The van der Waals surface area contributed by atoms with Crippen LogP contribution in [0.1, 0.15) is 43.1 Å². The highest BCUT2D eigenvalue weighted by Gasteiger charge is 2.19. The Labute approximate surface area is 107 Å². The lowest BCUT2D eigenvalue weighted by atomic mass is 9.82. The number of aromatic nitrogens is 2. The van der Waals surface area contributed by atoms with Crippen molar-refractivity contribution in [3.63, 3.8) is 0 Å². The van der Waals surface area contributed by atoms with Gasteiger partial charge in [0, 0.05) is 6.54 Å². The topological polar surface area (TPSA) is 80.9 Å². The molecule has 1 fully saturated rings. The first-order valence-corrected chi connectivity index (χ1v) is 6.52. The van der Waals surface area contributed by atoms with Crippen LogP contribution >= 0.6 is 0 Å². The highest BCUT2D eigenvalue weighted by atomic mass is 16.1. The molecule has 2 rings (SSSR count). The molecule has 1 saturated carbocycles. The van der Waals surface area contributed by atoms with Gasteiger partial charge in [-0.05, 0) is 36.8 Å². The summed E-state index contributed by atoms with van der Waals surface area (Å²) < 4.78 is 0. The van der Waals surface area contributed by atoms with Crippen LogP contribution in [-0.2, 0) is 0 Å². The van der Waals surface area contributed by atoms with Gasteiger partial charge in [0.15, 0.2) is 5.69 Å². The minimum Gasteiger partial charge on any atom is -0.382 e. The number of nitrogen functional groups attached to an aromatic ring is 1. The number of amides is 1. The summed E-state index contributed by atoms with van der Waals surface area (Å²) in [5.74, 6) is 1.53. The molecule has 0 spiro atoms. The summed E-state index contributed by atoms with van der Waals surface area (Å²) in [6, 6.07) is 3.19. The van der Waals surface area contributed by atoms with Crippen molar-refractivity contribution in [1.29, 1.82) is 0 Å². The summed E-state index contributed by atoms with van der Waals surface area (Å²) in [5.41, 5.74) is 5.75. The molecule has 5 heteroatoms. The second-order valence-electron chi connectivity index (χ2n) is 5.19. The third-order valence-corrected chi connectivity index (χ3v) is 3.51. The zero-order chi connectivity index (χ0) is 13.0. The summed E-state index contributed by atoms with van der Waals surface area (Å²) in [6.07, 6.45) is 4.99.